The van der Waals surface area contributed by atoms with Crippen LogP contribution in [0.1, 0.15) is 27.4 Å². The molecule has 3 aromatic rings. The van der Waals surface area contributed by atoms with Crippen molar-refractivity contribution in [2.45, 2.75) is 16.7 Å². The number of amides is 1. The Bertz CT molecular complexity index is 1300. The molecular formula is C24H14Cl5FINO2. The molecule has 34 heavy (non-hydrogen) atoms. The second-order valence-corrected chi connectivity index (χ2v) is 11.8. The predicted molar refractivity (Wildman–Crippen MR) is 144 cm³/mol. The van der Waals surface area contributed by atoms with Crippen LogP contribution in [-0.4, -0.2) is 16.0 Å². The van der Waals surface area contributed by atoms with E-state index in [1.165, 1.54) is 18.2 Å². The summed E-state index contributed by atoms with van der Waals surface area (Å²) in [5.74, 6) is -2.40. The van der Waals surface area contributed by atoms with E-state index in [0.717, 1.165) is 0 Å². The topological polar surface area (TPSA) is 46.2 Å². The quantitative estimate of drug-likeness (QED) is 0.163. The zero-order chi connectivity index (χ0) is 24.8. The molecule has 0 aromatic heterocycles. The Kier molecular flexibility index (Phi) is 7.73. The van der Waals surface area contributed by atoms with Gasteiger partial charge in [0.1, 0.15) is 10.2 Å². The summed E-state index contributed by atoms with van der Waals surface area (Å²) in [4.78, 5) is 25.8. The summed E-state index contributed by atoms with van der Waals surface area (Å²) in [6, 6.07) is 14.0. The summed E-state index contributed by atoms with van der Waals surface area (Å²) in [6.45, 7) is 0. The summed E-state index contributed by atoms with van der Waals surface area (Å²) in [7, 11) is 0. The average molecular weight is 672 g/mol. The zero-order valence-electron chi connectivity index (χ0n) is 17.0. The lowest BCUT2D eigenvalue weighted by Gasteiger charge is -2.10. The Labute approximate surface area is 234 Å². The third kappa shape index (κ3) is 5.50. The number of ketones is 1. The van der Waals surface area contributed by atoms with Gasteiger partial charge >= 0.3 is 0 Å². The molecule has 2 unspecified atom stereocenters. The molecule has 0 aliphatic heterocycles. The van der Waals surface area contributed by atoms with Crippen LogP contribution in [0.25, 0.3) is 0 Å². The fourth-order valence-electron chi connectivity index (χ4n) is 3.79. The summed E-state index contributed by atoms with van der Waals surface area (Å²) < 4.78 is 13.0. The van der Waals surface area contributed by atoms with Crippen molar-refractivity contribution < 1.29 is 14.0 Å². The van der Waals surface area contributed by atoms with Crippen molar-refractivity contribution in [2.24, 2.45) is 5.92 Å². The van der Waals surface area contributed by atoms with E-state index in [2.05, 4.69) is 5.32 Å². The molecule has 3 nitrogen and oxygen atoms in total. The number of carbonyl (C=O) groups excluding carboxylic acids is 2. The summed E-state index contributed by atoms with van der Waals surface area (Å²) in [6.07, 6.45) is -0.0440. The lowest BCUT2D eigenvalue weighted by Crippen LogP contribution is -2.17. The van der Waals surface area contributed by atoms with Gasteiger partial charge in [0.2, 0.25) is 5.91 Å². The summed E-state index contributed by atoms with van der Waals surface area (Å²) >= 11 is 33.1. The minimum atomic E-state index is -1.34. The van der Waals surface area contributed by atoms with E-state index in [9.17, 15) is 14.0 Å². The van der Waals surface area contributed by atoms with E-state index >= 15 is 0 Å². The van der Waals surface area contributed by atoms with Crippen LogP contribution in [0, 0.1) is 15.3 Å². The number of rotatable bonds is 6. The Hall–Kier alpha value is -1.09. The maximum atomic E-state index is 13.8. The number of hydrogen-bond acceptors (Lipinski definition) is 2. The van der Waals surface area contributed by atoms with Gasteiger partial charge in [-0.05, 0) is 82.2 Å². The van der Waals surface area contributed by atoms with Crippen molar-refractivity contribution in [1.82, 2.24) is 0 Å². The lowest BCUT2D eigenvalue weighted by molar-refractivity contribution is -0.117. The molecule has 0 heterocycles. The average Bonchev–Trinajstić information content (AvgIpc) is 3.33. The first-order valence-electron chi connectivity index (χ1n) is 9.88. The highest BCUT2D eigenvalue weighted by Crippen LogP contribution is 2.65. The lowest BCUT2D eigenvalue weighted by atomic mass is 10.0. The number of alkyl halides is 2. The van der Waals surface area contributed by atoms with E-state index in [-0.39, 0.29) is 22.8 Å². The van der Waals surface area contributed by atoms with Crippen LogP contribution in [0.5, 0.6) is 0 Å². The monoisotopic (exact) mass is 669 g/mol. The Morgan fingerprint density at radius 2 is 1.65 bits per heavy atom. The summed E-state index contributed by atoms with van der Waals surface area (Å²) in [5, 5.41) is 3.78. The van der Waals surface area contributed by atoms with Crippen LogP contribution in [-0.2, 0) is 11.2 Å². The van der Waals surface area contributed by atoms with Crippen molar-refractivity contribution in [3.05, 3.63) is 95.7 Å². The largest absolute Gasteiger partial charge is 0.326 e. The van der Waals surface area contributed by atoms with E-state index < -0.39 is 27.9 Å². The standard InChI is InChI=1S/C24H14Cl5FINO2/c25-13-7-12(8-14(26)9-13)21-22(24(21,28)29)23(34)32-15-2-3-17(27)16(10-15)20(33)6-11-1-4-19(31)18(30)5-11/h1-5,7-10,21-22H,6H2,(H,32,34). The van der Waals surface area contributed by atoms with E-state index in [1.807, 2.05) is 22.6 Å². The number of benzene rings is 3. The molecule has 0 bridgehead atoms. The van der Waals surface area contributed by atoms with Crippen molar-refractivity contribution in [1.29, 1.82) is 0 Å². The number of halogens is 7. The Morgan fingerprint density at radius 3 is 2.29 bits per heavy atom. The van der Waals surface area contributed by atoms with Gasteiger partial charge in [0.15, 0.2) is 5.78 Å². The first-order chi connectivity index (χ1) is 16.0. The molecule has 2 atom stereocenters. The molecular weight excluding hydrogens is 657 g/mol. The van der Waals surface area contributed by atoms with Crippen molar-refractivity contribution in [3.63, 3.8) is 0 Å². The van der Waals surface area contributed by atoms with Gasteiger partial charge in [-0.2, -0.15) is 0 Å². The van der Waals surface area contributed by atoms with Crippen LogP contribution in [0.3, 0.4) is 0 Å². The van der Waals surface area contributed by atoms with Crippen LogP contribution < -0.4 is 5.32 Å². The molecule has 3 aromatic carbocycles. The van der Waals surface area contributed by atoms with Gasteiger partial charge in [0, 0.05) is 37.2 Å². The highest BCUT2D eigenvalue weighted by atomic mass is 127. The van der Waals surface area contributed by atoms with Crippen molar-refractivity contribution in [2.75, 3.05) is 5.32 Å². The van der Waals surface area contributed by atoms with Crippen LogP contribution in [0.15, 0.2) is 54.6 Å². The third-order valence-corrected chi connectivity index (χ3v) is 8.04. The fourth-order valence-corrected chi connectivity index (χ4v) is 5.72. The second kappa shape index (κ2) is 10.1. The molecule has 1 fully saturated rings. The van der Waals surface area contributed by atoms with E-state index in [4.69, 9.17) is 58.0 Å². The van der Waals surface area contributed by atoms with Gasteiger partial charge in [-0.3, -0.25) is 9.59 Å². The SMILES string of the molecule is O=C(Cc1ccc(I)c(F)c1)c1cc(NC(=O)C2C(c3cc(Cl)cc(Cl)c3)C2(Cl)Cl)ccc1Cl. The van der Waals surface area contributed by atoms with Crippen LogP contribution in [0.4, 0.5) is 10.1 Å². The van der Waals surface area contributed by atoms with Crippen molar-refractivity contribution in [3.8, 4) is 0 Å². The Balaban J connectivity index is 1.51. The molecule has 1 aliphatic carbocycles. The summed E-state index contributed by atoms with van der Waals surface area (Å²) in [5.41, 5.74) is 1.73. The zero-order valence-corrected chi connectivity index (χ0v) is 23.0. The normalized spacial score (nSPS) is 18.4. The van der Waals surface area contributed by atoms with Gasteiger partial charge < -0.3 is 5.32 Å². The molecule has 4 rings (SSSR count). The molecule has 176 valence electrons. The molecule has 1 saturated carbocycles. The molecule has 0 radical (unpaired) electrons. The van der Waals surface area contributed by atoms with Crippen LogP contribution in [0.2, 0.25) is 15.1 Å². The number of Topliss-reactive ketones (excluding diaryl/α,β-unsaturated/α-hetero) is 1. The van der Waals surface area contributed by atoms with Gasteiger partial charge in [-0.1, -0.05) is 40.9 Å². The van der Waals surface area contributed by atoms with Gasteiger partial charge in [0.25, 0.3) is 0 Å². The van der Waals surface area contributed by atoms with E-state index in [1.54, 1.807) is 36.4 Å². The van der Waals surface area contributed by atoms with Crippen LogP contribution >= 0.6 is 80.6 Å². The molecule has 10 heteroatoms. The predicted octanol–water partition coefficient (Wildman–Crippen LogP) is 8.34. The highest BCUT2D eigenvalue weighted by Gasteiger charge is 2.67. The molecule has 0 spiro atoms. The first kappa shape index (κ1) is 26.0. The van der Waals surface area contributed by atoms with Gasteiger partial charge in [-0.15, -0.1) is 23.2 Å². The maximum absolute atomic E-state index is 13.8. The molecule has 1 aliphatic rings. The smallest absolute Gasteiger partial charge is 0.231 e. The Morgan fingerprint density at radius 1 is 0.971 bits per heavy atom. The van der Waals surface area contributed by atoms with Gasteiger partial charge in [0.05, 0.1) is 10.9 Å². The van der Waals surface area contributed by atoms with E-state index in [0.29, 0.717) is 30.4 Å². The minimum absolute atomic E-state index is 0.0440. The number of nitrogens with one attached hydrogen (secondary N) is 1. The third-order valence-electron chi connectivity index (χ3n) is 5.46. The fraction of sp³-hybridized carbons (Fsp3) is 0.167. The van der Waals surface area contributed by atoms with Crippen molar-refractivity contribution >= 4 is 98.0 Å². The first-order valence-corrected chi connectivity index (χ1v) is 12.9. The molecule has 1 N–H and O–H groups in total. The molecule has 1 amide bonds. The number of hydrogen-bond donors (Lipinski definition) is 1. The second-order valence-electron chi connectivity index (χ2n) is 7.86. The van der Waals surface area contributed by atoms with Gasteiger partial charge in [-0.25, -0.2) is 4.39 Å². The number of anilines is 1. The molecule has 0 saturated heterocycles. The highest BCUT2D eigenvalue weighted by molar-refractivity contribution is 14.1. The maximum Gasteiger partial charge on any atom is 0.231 e. The minimum Gasteiger partial charge on any atom is -0.326 e. The number of carbonyl (C=O) groups is 2.